The minimum atomic E-state index is -0.533. The molecule has 0 saturated heterocycles. The van der Waals surface area contributed by atoms with Crippen molar-refractivity contribution in [3.05, 3.63) is 29.6 Å². The van der Waals surface area contributed by atoms with Gasteiger partial charge in [0.15, 0.2) is 0 Å². The van der Waals surface area contributed by atoms with Gasteiger partial charge in [-0.2, -0.15) is 0 Å². The Morgan fingerprint density at radius 3 is 2.83 bits per heavy atom. The van der Waals surface area contributed by atoms with Crippen LogP contribution in [-0.4, -0.2) is 13.0 Å². The third-order valence-electron chi connectivity index (χ3n) is 1.50. The summed E-state index contributed by atoms with van der Waals surface area (Å²) in [5.74, 6) is -0.665. The van der Waals surface area contributed by atoms with Crippen LogP contribution >= 0.6 is 0 Å². The molecule has 1 aromatic rings. The van der Waals surface area contributed by atoms with Crippen LogP contribution in [0.4, 0.5) is 10.1 Å². The molecule has 64 valence electrons. The van der Waals surface area contributed by atoms with E-state index in [-0.39, 0.29) is 17.1 Å². The first-order valence-corrected chi connectivity index (χ1v) is 3.33. The van der Waals surface area contributed by atoms with Crippen molar-refractivity contribution in [3.63, 3.8) is 0 Å². The van der Waals surface area contributed by atoms with Crippen molar-refractivity contribution in [3.8, 4) is 0 Å². The molecule has 12 heavy (non-hydrogen) atoms. The van der Waals surface area contributed by atoms with Gasteiger partial charge in [-0.15, -0.1) is 0 Å². The average Bonchev–Trinajstić information content (AvgIpc) is 2.08. The molecule has 0 atom stereocenters. The molecule has 0 saturated carbocycles. The van der Waals surface area contributed by atoms with Crippen molar-refractivity contribution in [1.29, 1.82) is 5.41 Å². The highest BCUT2D eigenvalue weighted by molar-refractivity contribution is 5.96. The quantitative estimate of drug-likeness (QED) is 0.378. The van der Waals surface area contributed by atoms with E-state index in [1.165, 1.54) is 25.3 Å². The fourth-order valence-electron chi connectivity index (χ4n) is 0.845. The third kappa shape index (κ3) is 1.37. The normalized spacial score (nSPS) is 9.50. The van der Waals surface area contributed by atoms with Gasteiger partial charge in [-0.05, 0) is 12.1 Å². The molecule has 1 rings (SSSR count). The molecule has 0 radical (unpaired) electrons. The van der Waals surface area contributed by atoms with Gasteiger partial charge in [0.25, 0.3) is 0 Å². The van der Waals surface area contributed by atoms with Crippen LogP contribution in [0.3, 0.4) is 0 Å². The number of hydrogen-bond acceptors (Lipinski definition) is 3. The standard InChI is InChI=1S/C8H9FN2O/c1-12-8(11)5-3-2-4-6(9)7(5)10/h2-4,11H,10H2,1H3. The van der Waals surface area contributed by atoms with Gasteiger partial charge >= 0.3 is 0 Å². The summed E-state index contributed by atoms with van der Waals surface area (Å²) in [7, 11) is 1.34. The highest BCUT2D eigenvalue weighted by Gasteiger charge is 2.08. The Labute approximate surface area is 69.5 Å². The number of hydrogen-bond donors (Lipinski definition) is 2. The second-order valence-electron chi connectivity index (χ2n) is 2.23. The maximum absolute atomic E-state index is 12.8. The van der Waals surface area contributed by atoms with Crippen molar-refractivity contribution in [2.75, 3.05) is 12.8 Å². The van der Waals surface area contributed by atoms with E-state index >= 15 is 0 Å². The Bertz CT molecular complexity index is 312. The van der Waals surface area contributed by atoms with Crippen molar-refractivity contribution >= 4 is 11.6 Å². The van der Waals surface area contributed by atoms with Crippen LogP contribution in [-0.2, 0) is 4.74 Å². The summed E-state index contributed by atoms with van der Waals surface area (Å²) in [6.07, 6.45) is 0. The first-order chi connectivity index (χ1) is 5.66. The second kappa shape index (κ2) is 3.21. The number of halogens is 1. The van der Waals surface area contributed by atoms with Crippen molar-refractivity contribution in [2.45, 2.75) is 0 Å². The number of nitrogen functional groups attached to an aromatic ring is 1. The highest BCUT2D eigenvalue weighted by atomic mass is 19.1. The number of nitrogens with one attached hydrogen (secondary N) is 1. The zero-order valence-corrected chi connectivity index (χ0v) is 6.60. The zero-order valence-electron chi connectivity index (χ0n) is 6.60. The minimum Gasteiger partial charge on any atom is -0.481 e. The summed E-state index contributed by atoms with van der Waals surface area (Å²) in [6, 6.07) is 4.25. The molecule has 0 unspecified atom stereocenters. The number of para-hydroxylation sites is 1. The topological polar surface area (TPSA) is 59.1 Å². The maximum atomic E-state index is 12.8. The van der Waals surface area contributed by atoms with E-state index < -0.39 is 5.82 Å². The monoisotopic (exact) mass is 168 g/mol. The van der Waals surface area contributed by atoms with Crippen molar-refractivity contribution in [2.24, 2.45) is 0 Å². The number of rotatable bonds is 1. The second-order valence-corrected chi connectivity index (χ2v) is 2.23. The molecule has 3 nitrogen and oxygen atoms in total. The predicted octanol–water partition coefficient (Wildman–Crippen LogP) is 1.38. The first kappa shape index (κ1) is 8.52. The molecule has 0 aliphatic heterocycles. The fraction of sp³-hybridized carbons (Fsp3) is 0.125. The highest BCUT2D eigenvalue weighted by Crippen LogP contribution is 2.15. The molecule has 0 spiro atoms. The van der Waals surface area contributed by atoms with Crippen molar-refractivity contribution in [1.82, 2.24) is 0 Å². The van der Waals surface area contributed by atoms with E-state index in [1.54, 1.807) is 0 Å². The van der Waals surface area contributed by atoms with Gasteiger partial charge in [0.1, 0.15) is 5.82 Å². The predicted molar refractivity (Wildman–Crippen MR) is 44.7 cm³/mol. The Morgan fingerprint density at radius 2 is 2.25 bits per heavy atom. The van der Waals surface area contributed by atoms with Gasteiger partial charge in [-0.1, -0.05) is 6.07 Å². The SMILES string of the molecule is COC(=N)c1cccc(F)c1N. The summed E-state index contributed by atoms with van der Waals surface area (Å²) in [5.41, 5.74) is 5.59. The maximum Gasteiger partial charge on any atom is 0.215 e. The Hall–Kier alpha value is -1.58. The molecular weight excluding hydrogens is 159 g/mol. The van der Waals surface area contributed by atoms with Crippen LogP contribution in [0.1, 0.15) is 5.56 Å². The molecule has 0 aliphatic rings. The van der Waals surface area contributed by atoms with Gasteiger partial charge in [0.05, 0.1) is 18.4 Å². The minimum absolute atomic E-state index is 0.0515. The zero-order chi connectivity index (χ0) is 9.14. The van der Waals surface area contributed by atoms with Gasteiger partial charge in [-0.3, -0.25) is 5.41 Å². The number of ether oxygens (including phenoxy) is 1. The molecule has 0 fully saturated rings. The number of benzene rings is 1. The number of nitrogens with two attached hydrogens (primary N) is 1. The summed E-state index contributed by atoms with van der Waals surface area (Å²) >= 11 is 0. The molecule has 4 heteroatoms. The van der Waals surface area contributed by atoms with Crippen LogP contribution in [0, 0.1) is 11.2 Å². The van der Waals surface area contributed by atoms with Crippen LogP contribution in [0.25, 0.3) is 0 Å². The van der Waals surface area contributed by atoms with Crippen LogP contribution in [0.2, 0.25) is 0 Å². The molecule has 0 amide bonds. The first-order valence-electron chi connectivity index (χ1n) is 3.33. The smallest absolute Gasteiger partial charge is 0.215 e. The van der Waals surface area contributed by atoms with E-state index in [4.69, 9.17) is 11.1 Å². The van der Waals surface area contributed by atoms with E-state index in [0.29, 0.717) is 0 Å². The van der Waals surface area contributed by atoms with E-state index in [2.05, 4.69) is 4.74 Å². The molecule has 0 aromatic heterocycles. The Balaban J connectivity index is 3.16. The van der Waals surface area contributed by atoms with Crippen molar-refractivity contribution < 1.29 is 9.13 Å². The van der Waals surface area contributed by atoms with Gasteiger partial charge in [0.2, 0.25) is 5.90 Å². The summed E-state index contributed by atoms with van der Waals surface area (Å²) in [4.78, 5) is 0. The van der Waals surface area contributed by atoms with E-state index in [0.717, 1.165) is 0 Å². The molecule has 0 heterocycles. The molecular formula is C8H9FN2O. The number of methoxy groups -OCH3 is 1. The van der Waals surface area contributed by atoms with Crippen LogP contribution in [0.15, 0.2) is 18.2 Å². The Morgan fingerprint density at radius 1 is 1.58 bits per heavy atom. The average molecular weight is 168 g/mol. The number of anilines is 1. The lowest BCUT2D eigenvalue weighted by atomic mass is 10.2. The van der Waals surface area contributed by atoms with Gasteiger partial charge < -0.3 is 10.5 Å². The Kier molecular flexibility index (Phi) is 2.28. The van der Waals surface area contributed by atoms with E-state index in [9.17, 15) is 4.39 Å². The van der Waals surface area contributed by atoms with Gasteiger partial charge in [-0.25, -0.2) is 4.39 Å². The largest absolute Gasteiger partial charge is 0.481 e. The molecule has 0 bridgehead atoms. The van der Waals surface area contributed by atoms with E-state index in [1.807, 2.05) is 0 Å². The lowest BCUT2D eigenvalue weighted by molar-refractivity contribution is 0.401. The summed E-state index contributed by atoms with van der Waals surface area (Å²) < 4.78 is 17.4. The molecule has 1 aromatic carbocycles. The molecule has 3 N–H and O–H groups in total. The fourth-order valence-corrected chi connectivity index (χ4v) is 0.845. The summed E-state index contributed by atoms with van der Waals surface area (Å²) in [6.45, 7) is 0. The lowest BCUT2D eigenvalue weighted by Crippen LogP contribution is -2.06. The summed E-state index contributed by atoms with van der Waals surface area (Å²) in [5, 5.41) is 7.25. The van der Waals surface area contributed by atoms with Crippen LogP contribution < -0.4 is 5.73 Å². The lowest BCUT2D eigenvalue weighted by Gasteiger charge is -2.05. The van der Waals surface area contributed by atoms with Gasteiger partial charge in [0, 0.05) is 0 Å². The van der Waals surface area contributed by atoms with Crippen LogP contribution in [0.5, 0.6) is 0 Å². The third-order valence-corrected chi connectivity index (χ3v) is 1.50. The molecule has 0 aliphatic carbocycles.